The molecule has 8 heteroatoms. The lowest BCUT2D eigenvalue weighted by Gasteiger charge is -2.11. The zero-order valence-corrected chi connectivity index (χ0v) is 13.3. The SMILES string of the molecule is Nc1ncc(-c2cccnc2)cc1-c1nncn1-c1cccc(F)c1F. The summed E-state index contributed by atoms with van der Waals surface area (Å²) >= 11 is 0. The van der Waals surface area contributed by atoms with Crippen molar-refractivity contribution in [2.45, 2.75) is 0 Å². The number of nitrogens with zero attached hydrogens (tertiary/aromatic N) is 5. The molecule has 0 radical (unpaired) electrons. The summed E-state index contributed by atoms with van der Waals surface area (Å²) in [7, 11) is 0. The molecule has 2 N–H and O–H groups in total. The third-order valence-corrected chi connectivity index (χ3v) is 3.89. The summed E-state index contributed by atoms with van der Waals surface area (Å²) in [5.41, 5.74) is 8.03. The minimum Gasteiger partial charge on any atom is -0.383 e. The second-order valence-corrected chi connectivity index (χ2v) is 5.50. The van der Waals surface area contributed by atoms with Crippen LogP contribution in [0.25, 0.3) is 28.2 Å². The van der Waals surface area contributed by atoms with Crippen LogP contribution in [-0.4, -0.2) is 24.7 Å². The van der Waals surface area contributed by atoms with E-state index < -0.39 is 11.6 Å². The molecule has 4 aromatic rings. The molecular formula is C18H12F2N6. The first-order chi connectivity index (χ1) is 12.6. The Bertz CT molecular complexity index is 1080. The van der Waals surface area contributed by atoms with E-state index in [1.165, 1.54) is 23.0 Å². The van der Waals surface area contributed by atoms with Gasteiger partial charge in [0.25, 0.3) is 0 Å². The minimum atomic E-state index is -0.997. The highest BCUT2D eigenvalue weighted by Gasteiger charge is 2.18. The Balaban J connectivity index is 1.88. The quantitative estimate of drug-likeness (QED) is 0.613. The molecule has 0 saturated carbocycles. The van der Waals surface area contributed by atoms with Gasteiger partial charge in [-0.3, -0.25) is 9.55 Å². The Morgan fingerprint density at radius 1 is 1.00 bits per heavy atom. The van der Waals surface area contributed by atoms with Gasteiger partial charge in [-0.25, -0.2) is 13.8 Å². The number of anilines is 1. The average molecular weight is 350 g/mol. The molecule has 0 aliphatic carbocycles. The van der Waals surface area contributed by atoms with E-state index in [-0.39, 0.29) is 17.3 Å². The number of benzene rings is 1. The van der Waals surface area contributed by atoms with Crippen LogP contribution in [0.3, 0.4) is 0 Å². The Hall–Kier alpha value is -3.68. The summed E-state index contributed by atoms with van der Waals surface area (Å²) in [6, 6.07) is 9.32. The summed E-state index contributed by atoms with van der Waals surface area (Å²) in [5, 5.41) is 7.83. The predicted octanol–water partition coefficient (Wildman–Crippen LogP) is 3.25. The maximum Gasteiger partial charge on any atom is 0.182 e. The van der Waals surface area contributed by atoms with Crippen molar-refractivity contribution >= 4 is 5.82 Å². The van der Waals surface area contributed by atoms with Crippen molar-refractivity contribution in [3.63, 3.8) is 0 Å². The fourth-order valence-electron chi connectivity index (χ4n) is 2.62. The van der Waals surface area contributed by atoms with Gasteiger partial charge in [0.05, 0.1) is 11.3 Å². The van der Waals surface area contributed by atoms with Crippen LogP contribution in [0.1, 0.15) is 0 Å². The van der Waals surface area contributed by atoms with Crippen LogP contribution in [0.4, 0.5) is 14.6 Å². The molecule has 6 nitrogen and oxygen atoms in total. The number of rotatable bonds is 3. The van der Waals surface area contributed by atoms with E-state index >= 15 is 0 Å². The van der Waals surface area contributed by atoms with Gasteiger partial charge in [0.15, 0.2) is 17.5 Å². The average Bonchev–Trinajstić information content (AvgIpc) is 3.14. The molecule has 26 heavy (non-hydrogen) atoms. The second-order valence-electron chi connectivity index (χ2n) is 5.50. The molecule has 1 aromatic carbocycles. The van der Waals surface area contributed by atoms with Gasteiger partial charge >= 0.3 is 0 Å². The molecule has 128 valence electrons. The molecule has 0 unspecified atom stereocenters. The van der Waals surface area contributed by atoms with Gasteiger partial charge in [0.1, 0.15) is 12.1 Å². The summed E-state index contributed by atoms with van der Waals surface area (Å²) in [5.74, 6) is -1.50. The molecule has 0 aliphatic rings. The van der Waals surface area contributed by atoms with Gasteiger partial charge in [-0.1, -0.05) is 12.1 Å². The molecule has 4 rings (SSSR count). The van der Waals surface area contributed by atoms with Crippen molar-refractivity contribution in [3.8, 4) is 28.2 Å². The van der Waals surface area contributed by atoms with Crippen LogP contribution in [0.15, 0.2) is 61.3 Å². The zero-order chi connectivity index (χ0) is 18.1. The number of halogens is 2. The van der Waals surface area contributed by atoms with Gasteiger partial charge < -0.3 is 5.73 Å². The Morgan fingerprint density at radius 3 is 2.69 bits per heavy atom. The lowest BCUT2D eigenvalue weighted by atomic mass is 10.1. The van der Waals surface area contributed by atoms with E-state index in [0.29, 0.717) is 5.56 Å². The topological polar surface area (TPSA) is 82.5 Å². The minimum absolute atomic E-state index is 0.0174. The largest absolute Gasteiger partial charge is 0.383 e. The molecule has 3 heterocycles. The molecule has 0 aliphatic heterocycles. The monoisotopic (exact) mass is 350 g/mol. The van der Waals surface area contributed by atoms with Gasteiger partial charge in [-0.2, -0.15) is 0 Å². The summed E-state index contributed by atoms with van der Waals surface area (Å²) in [6.45, 7) is 0. The molecule has 0 spiro atoms. The number of aromatic nitrogens is 5. The van der Waals surface area contributed by atoms with E-state index in [2.05, 4.69) is 20.2 Å². The van der Waals surface area contributed by atoms with Gasteiger partial charge in [0.2, 0.25) is 0 Å². The normalized spacial score (nSPS) is 10.8. The molecule has 0 saturated heterocycles. The second kappa shape index (κ2) is 6.32. The van der Waals surface area contributed by atoms with E-state index in [9.17, 15) is 8.78 Å². The lowest BCUT2D eigenvalue weighted by molar-refractivity contribution is 0.504. The Labute approximate surface area is 147 Å². The first-order valence-electron chi connectivity index (χ1n) is 7.66. The Morgan fingerprint density at radius 2 is 1.88 bits per heavy atom. The maximum atomic E-state index is 14.2. The summed E-state index contributed by atoms with van der Waals surface area (Å²) in [6.07, 6.45) is 6.26. The fraction of sp³-hybridized carbons (Fsp3) is 0. The fourth-order valence-corrected chi connectivity index (χ4v) is 2.62. The van der Waals surface area contributed by atoms with Crippen LogP contribution in [-0.2, 0) is 0 Å². The smallest absolute Gasteiger partial charge is 0.182 e. The molecule has 0 bridgehead atoms. The number of hydrogen-bond donors (Lipinski definition) is 1. The van der Waals surface area contributed by atoms with Crippen molar-refractivity contribution in [1.82, 2.24) is 24.7 Å². The lowest BCUT2D eigenvalue weighted by Crippen LogP contribution is -2.04. The van der Waals surface area contributed by atoms with Crippen LogP contribution in [0.5, 0.6) is 0 Å². The molecule has 0 amide bonds. The standard InChI is InChI=1S/C18H12F2N6/c19-14-4-1-5-15(16(14)20)26-10-24-25-18(26)13-7-12(9-23-17(13)21)11-3-2-6-22-8-11/h1-10H,(H2,21,23). The third-order valence-electron chi connectivity index (χ3n) is 3.89. The Kier molecular flexibility index (Phi) is 3.85. The highest BCUT2D eigenvalue weighted by atomic mass is 19.2. The van der Waals surface area contributed by atoms with Gasteiger partial charge in [-0.15, -0.1) is 10.2 Å². The van der Waals surface area contributed by atoms with Crippen molar-refractivity contribution in [1.29, 1.82) is 0 Å². The highest BCUT2D eigenvalue weighted by Crippen LogP contribution is 2.30. The van der Waals surface area contributed by atoms with E-state index in [1.54, 1.807) is 30.7 Å². The number of pyridine rings is 2. The summed E-state index contributed by atoms with van der Waals surface area (Å²) in [4.78, 5) is 8.27. The van der Waals surface area contributed by atoms with Crippen molar-refractivity contribution in [2.24, 2.45) is 0 Å². The molecule has 3 aromatic heterocycles. The van der Waals surface area contributed by atoms with E-state index in [0.717, 1.165) is 17.2 Å². The van der Waals surface area contributed by atoms with E-state index in [1.807, 2.05) is 6.07 Å². The van der Waals surface area contributed by atoms with Gasteiger partial charge in [-0.05, 0) is 24.3 Å². The van der Waals surface area contributed by atoms with Crippen LogP contribution >= 0.6 is 0 Å². The summed E-state index contributed by atoms with van der Waals surface area (Å²) < 4.78 is 29.1. The molecule has 0 atom stereocenters. The molecular weight excluding hydrogens is 338 g/mol. The van der Waals surface area contributed by atoms with Crippen LogP contribution < -0.4 is 5.73 Å². The van der Waals surface area contributed by atoms with Gasteiger partial charge in [0, 0.05) is 29.7 Å². The zero-order valence-electron chi connectivity index (χ0n) is 13.3. The van der Waals surface area contributed by atoms with E-state index in [4.69, 9.17) is 5.73 Å². The number of nitrogens with two attached hydrogens (primary N) is 1. The van der Waals surface area contributed by atoms with Crippen molar-refractivity contribution in [3.05, 3.63) is 73.0 Å². The first-order valence-corrected chi connectivity index (χ1v) is 7.66. The third kappa shape index (κ3) is 2.67. The van der Waals surface area contributed by atoms with Crippen LogP contribution in [0.2, 0.25) is 0 Å². The highest BCUT2D eigenvalue weighted by molar-refractivity contribution is 5.76. The number of hydrogen-bond acceptors (Lipinski definition) is 5. The molecule has 0 fully saturated rings. The van der Waals surface area contributed by atoms with Crippen molar-refractivity contribution < 1.29 is 8.78 Å². The predicted molar refractivity (Wildman–Crippen MR) is 92.1 cm³/mol. The number of nitrogen functional groups attached to an aromatic ring is 1. The van der Waals surface area contributed by atoms with Crippen LogP contribution in [0, 0.1) is 11.6 Å². The van der Waals surface area contributed by atoms with Crippen molar-refractivity contribution in [2.75, 3.05) is 5.73 Å². The first kappa shape index (κ1) is 15.8. The maximum absolute atomic E-state index is 14.2.